The monoisotopic (exact) mass is 306 g/mol. The molecule has 1 aromatic rings. The zero-order valence-electron chi connectivity index (χ0n) is 13.0. The Morgan fingerprint density at radius 1 is 1.24 bits per heavy atom. The molecule has 21 heavy (non-hydrogen) atoms. The molecule has 1 aliphatic heterocycles. The lowest BCUT2D eigenvalue weighted by Crippen LogP contribution is -2.42. The van der Waals surface area contributed by atoms with Gasteiger partial charge in [0.05, 0.1) is 0 Å². The number of nitrogens with two attached hydrogens (primary N) is 1. The fourth-order valence-electron chi connectivity index (χ4n) is 4.19. The van der Waals surface area contributed by atoms with E-state index >= 15 is 0 Å². The van der Waals surface area contributed by atoms with Crippen molar-refractivity contribution in [3.63, 3.8) is 0 Å². The summed E-state index contributed by atoms with van der Waals surface area (Å²) >= 11 is 6.45. The van der Waals surface area contributed by atoms with Crippen molar-refractivity contribution in [1.82, 2.24) is 0 Å². The smallest absolute Gasteiger partial charge is 0.0459 e. The first-order chi connectivity index (χ1) is 10.1. The van der Waals surface area contributed by atoms with E-state index in [9.17, 15) is 0 Å². The van der Waals surface area contributed by atoms with E-state index in [0.29, 0.717) is 0 Å². The molecule has 2 aliphatic rings. The molecule has 1 saturated carbocycles. The summed E-state index contributed by atoms with van der Waals surface area (Å²) in [6.45, 7) is 4.44. The van der Waals surface area contributed by atoms with Gasteiger partial charge in [-0.2, -0.15) is 0 Å². The van der Waals surface area contributed by atoms with Crippen LogP contribution < -0.4 is 10.6 Å². The highest BCUT2D eigenvalue weighted by Gasteiger charge is 2.31. The second-order valence-corrected chi connectivity index (χ2v) is 7.37. The summed E-state index contributed by atoms with van der Waals surface area (Å²) in [6.07, 6.45) is 7.91. The van der Waals surface area contributed by atoms with Crippen molar-refractivity contribution in [3.8, 4) is 0 Å². The number of hydrogen-bond acceptors (Lipinski definition) is 2. The van der Waals surface area contributed by atoms with Crippen LogP contribution in [0.15, 0.2) is 18.2 Å². The quantitative estimate of drug-likeness (QED) is 0.904. The fraction of sp³-hybridized carbons (Fsp3) is 0.667. The van der Waals surface area contributed by atoms with Gasteiger partial charge in [-0.15, -0.1) is 0 Å². The van der Waals surface area contributed by atoms with Crippen molar-refractivity contribution in [3.05, 3.63) is 28.8 Å². The van der Waals surface area contributed by atoms with Crippen molar-refractivity contribution in [2.75, 3.05) is 18.0 Å². The van der Waals surface area contributed by atoms with E-state index in [1.165, 1.54) is 56.4 Å². The van der Waals surface area contributed by atoms with Crippen LogP contribution >= 0.6 is 11.6 Å². The number of rotatable bonds is 3. The SMILES string of the molecule is CC(N)Cc1c(Cl)cccc1N1CCC2CCCCC2C1. The Balaban J connectivity index is 1.81. The maximum absolute atomic E-state index is 6.45. The lowest BCUT2D eigenvalue weighted by atomic mass is 9.75. The second kappa shape index (κ2) is 6.58. The highest BCUT2D eigenvalue weighted by Crippen LogP contribution is 2.39. The van der Waals surface area contributed by atoms with E-state index < -0.39 is 0 Å². The molecule has 0 radical (unpaired) electrons. The third kappa shape index (κ3) is 3.37. The highest BCUT2D eigenvalue weighted by atomic mass is 35.5. The molecule has 0 bridgehead atoms. The first kappa shape index (κ1) is 15.2. The summed E-state index contributed by atoms with van der Waals surface area (Å²) in [5.41, 5.74) is 8.58. The van der Waals surface area contributed by atoms with Crippen molar-refractivity contribution >= 4 is 17.3 Å². The van der Waals surface area contributed by atoms with Crippen LogP contribution in [0.2, 0.25) is 5.02 Å². The summed E-state index contributed by atoms with van der Waals surface area (Å²) in [7, 11) is 0. The summed E-state index contributed by atoms with van der Waals surface area (Å²) in [4.78, 5) is 2.57. The molecule has 1 aliphatic carbocycles. The average molecular weight is 307 g/mol. The van der Waals surface area contributed by atoms with Gasteiger partial charge in [0, 0.05) is 29.8 Å². The Hall–Kier alpha value is -0.730. The molecule has 1 saturated heterocycles. The number of nitrogens with zero attached hydrogens (tertiary/aromatic N) is 1. The van der Waals surface area contributed by atoms with E-state index in [2.05, 4.69) is 24.0 Å². The average Bonchev–Trinajstić information content (AvgIpc) is 2.48. The molecule has 1 heterocycles. The number of halogens is 1. The molecule has 1 aromatic carbocycles. The van der Waals surface area contributed by atoms with Gasteiger partial charge >= 0.3 is 0 Å². The van der Waals surface area contributed by atoms with E-state index in [1.54, 1.807) is 0 Å². The minimum atomic E-state index is 0.149. The molecule has 0 spiro atoms. The molecule has 3 atom stereocenters. The Morgan fingerprint density at radius 2 is 2.00 bits per heavy atom. The number of fused-ring (bicyclic) bond motifs is 1. The summed E-state index contributed by atoms with van der Waals surface area (Å²) < 4.78 is 0. The predicted octanol–water partition coefficient (Wildman–Crippen LogP) is 4.25. The summed E-state index contributed by atoms with van der Waals surface area (Å²) in [6, 6.07) is 6.45. The van der Waals surface area contributed by atoms with Gasteiger partial charge in [-0.3, -0.25) is 0 Å². The molecule has 2 nitrogen and oxygen atoms in total. The Morgan fingerprint density at radius 3 is 2.76 bits per heavy atom. The molecular formula is C18H27ClN2. The van der Waals surface area contributed by atoms with Gasteiger partial charge < -0.3 is 10.6 Å². The zero-order chi connectivity index (χ0) is 14.8. The number of benzene rings is 1. The molecule has 2 fully saturated rings. The van der Waals surface area contributed by atoms with Crippen LogP contribution in [0.25, 0.3) is 0 Å². The van der Waals surface area contributed by atoms with E-state index in [-0.39, 0.29) is 6.04 Å². The second-order valence-electron chi connectivity index (χ2n) is 6.96. The number of anilines is 1. The normalized spacial score (nSPS) is 27.3. The van der Waals surface area contributed by atoms with Gasteiger partial charge in [0.2, 0.25) is 0 Å². The molecule has 3 unspecified atom stereocenters. The van der Waals surface area contributed by atoms with Crippen molar-refractivity contribution in [1.29, 1.82) is 0 Å². The summed E-state index contributed by atoms with van der Waals surface area (Å²) in [5.74, 6) is 1.85. The van der Waals surface area contributed by atoms with Crippen LogP contribution in [0.1, 0.15) is 44.6 Å². The third-order valence-electron chi connectivity index (χ3n) is 5.25. The van der Waals surface area contributed by atoms with Crippen LogP contribution in [0.3, 0.4) is 0 Å². The van der Waals surface area contributed by atoms with Crippen LogP contribution in [-0.4, -0.2) is 19.1 Å². The van der Waals surface area contributed by atoms with E-state index in [1.807, 2.05) is 6.07 Å². The first-order valence-electron chi connectivity index (χ1n) is 8.43. The van der Waals surface area contributed by atoms with E-state index in [0.717, 1.165) is 23.3 Å². The Labute approximate surface area is 133 Å². The van der Waals surface area contributed by atoms with Crippen molar-refractivity contribution in [2.45, 2.75) is 51.5 Å². The van der Waals surface area contributed by atoms with E-state index in [4.69, 9.17) is 17.3 Å². The molecule has 116 valence electrons. The van der Waals surface area contributed by atoms with Crippen LogP contribution in [0.4, 0.5) is 5.69 Å². The molecule has 0 aromatic heterocycles. The van der Waals surface area contributed by atoms with Gasteiger partial charge in [0.15, 0.2) is 0 Å². The van der Waals surface area contributed by atoms with Gasteiger partial charge in [0.25, 0.3) is 0 Å². The first-order valence-corrected chi connectivity index (χ1v) is 8.81. The lowest BCUT2D eigenvalue weighted by molar-refractivity contribution is 0.202. The standard InChI is InChI=1S/C18H27ClN2/c1-13(20)11-16-17(19)7-4-8-18(16)21-10-9-14-5-2-3-6-15(14)12-21/h4,7-8,13-15H,2-3,5-6,9-12,20H2,1H3. The molecule has 0 amide bonds. The molecule has 2 N–H and O–H groups in total. The topological polar surface area (TPSA) is 29.3 Å². The highest BCUT2D eigenvalue weighted by molar-refractivity contribution is 6.31. The van der Waals surface area contributed by atoms with Crippen LogP contribution in [0.5, 0.6) is 0 Å². The largest absolute Gasteiger partial charge is 0.371 e. The van der Waals surface area contributed by atoms with Gasteiger partial charge in [-0.1, -0.05) is 36.9 Å². The van der Waals surface area contributed by atoms with Gasteiger partial charge in [-0.05, 0) is 55.7 Å². The minimum absolute atomic E-state index is 0.149. The van der Waals surface area contributed by atoms with Gasteiger partial charge in [0.1, 0.15) is 0 Å². The zero-order valence-corrected chi connectivity index (χ0v) is 13.8. The lowest BCUT2D eigenvalue weighted by Gasteiger charge is -2.43. The fourth-order valence-corrected chi connectivity index (χ4v) is 4.43. The number of piperidine rings is 1. The minimum Gasteiger partial charge on any atom is -0.371 e. The van der Waals surface area contributed by atoms with Crippen LogP contribution in [0, 0.1) is 11.8 Å². The van der Waals surface area contributed by atoms with Crippen molar-refractivity contribution in [2.24, 2.45) is 17.6 Å². The maximum Gasteiger partial charge on any atom is 0.0459 e. The summed E-state index contributed by atoms with van der Waals surface area (Å²) in [5, 5.41) is 0.871. The van der Waals surface area contributed by atoms with Crippen molar-refractivity contribution < 1.29 is 0 Å². The Kier molecular flexibility index (Phi) is 4.75. The van der Waals surface area contributed by atoms with Gasteiger partial charge in [-0.25, -0.2) is 0 Å². The Bertz CT molecular complexity index is 486. The number of hydrogen-bond donors (Lipinski definition) is 1. The molecular weight excluding hydrogens is 280 g/mol. The molecule has 3 rings (SSSR count). The third-order valence-corrected chi connectivity index (χ3v) is 5.61. The maximum atomic E-state index is 6.45. The predicted molar refractivity (Wildman–Crippen MR) is 91.1 cm³/mol. The molecule has 3 heteroatoms. The van der Waals surface area contributed by atoms with Crippen LogP contribution in [-0.2, 0) is 6.42 Å².